The van der Waals surface area contributed by atoms with Crippen LogP contribution in [0.2, 0.25) is 0 Å². The van der Waals surface area contributed by atoms with E-state index in [0.29, 0.717) is 0 Å². The van der Waals surface area contributed by atoms with Gasteiger partial charge in [0.25, 0.3) is 0 Å². The number of morpholine rings is 1. The number of nitrogens with zero attached hydrogens (tertiary/aromatic N) is 1. The van der Waals surface area contributed by atoms with Gasteiger partial charge in [0.15, 0.2) is 0 Å². The van der Waals surface area contributed by atoms with Gasteiger partial charge in [0, 0.05) is 31.2 Å². The van der Waals surface area contributed by atoms with Crippen LogP contribution in [0.15, 0.2) is 30.3 Å². The van der Waals surface area contributed by atoms with E-state index in [2.05, 4.69) is 46.7 Å². The maximum absolute atomic E-state index is 12.5. The summed E-state index contributed by atoms with van der Waals surface area (Å²) in [6, 6.07) is 10.6. The first kappa shape index (κ1) is 20.2. The highest BCUT2D eigenvalue weighted by Gasteiger charge is 2.38. The number of urea groups is 1. The second-order valence-electron chi connectivity index (χ2n) is 8.14. The van der Waals surface area contributed by atoms with Gasteiger partial charge in [0.2, 0.25) is 0 Å². The molecule has 5 heteroatoms. The number of aryl methyl sites for hydroxylation is 1. The molecule has 2 fully saturated rings. The number of nitrogens with one attached hydrogen (secondary N) is 2. The van der Waals surface area contributed by atoms with Crippen molar-refractivity contribution < 1.29 is 9.53 Å². The Morgan fingerprint density at radius 3 is 2.56 bits per heavy atom. The Kier molecular flexibility index (Phi) is 7.53. The first-order valence-electron chi connectivity index (χ1n) is 10.6. The second kappa shape index (κ2) is 10.1. The molecule has 0 bridgehead atoms. The van der Waals surface area contributed by atoms with Crippen LogP contribution in [-0.2, 0) is 11.2 Å². The molecule has 27 heavy (non-hydrogen) atoms. The summed E-state index contributed by atoms with van der Waals surface area (Å²) in [5, 5.41) is 6.30. The molecule has 1 saturated heterocycles. The van der Waals surface area contributed by atoms with Crippen molar-refractivity contribution in [2.45, 2.75) is 63.5 Å². The molecular formula is C22H35N3O2. The number of hydrogen-bond donors (Lipinski definition) is 2. The maximum atomic E-state index is 12.5. The fourth-order valence-corrected chi connectivity index (χ4v) is 4.47. The minimum Gasteiger partial charge on any atom is -0.379 e. The van der Waals surface area contributed by atoms with E-state index in [9.17, 15) is 4.79 Å². The smallest absolute Gasteiger partial charge is 0.315 e. The highest BCUT2D eigenvalue weighted by molar-refractivity contribution is 5.74. The number of ether oxygens (including phenoxy) is 1. The van der Waals surface area contributed by atoms with Crippen LogP contribution in [0, 0.1) is 0 Å². The number of carbonyl (C=O) groups excluding carboxylic acids is 1. The minimum absolute atomic E-state index is 0.0335. The van der Waals surface area contributed by atoms with Crippen molar-refractivity contribution >= 4 is 6.03 Å². The molecule has 2 amide bonds. The third kappa shape index (κ3) is 5.94. The predicted molar refractivity (Wildman–Crippen MR) is 109 cm³/mol. The van der Waals surface area contributed by atoms with Crippen LogP contribution in [0.5, 0.6) is 0 Å². The molecule has 3 rings (SSSR count). The number of rotatable bonds is 7. The van der Waals surface area contributed by atoms with Gasteiger partial charge in [0.1, 0.15) is 0 Å². The highest BCUT2D eigenvalue weighted by Crippen LogP contribution is 2.33. The second-order valence-corrected chi connectivity index (χ2v) is 8.14. The number of amides is 2. The van der Waals surface area contributed by atoms with E-state index in [1.807, 2.05) is 6.07 Å². The monoisotopic (exact) mass is 373 g/mol. The Morgan fingerprint density at radius 1 is 1.15 bits per heavy atom. The van der Waals surface area contributed by atoms with Crippen LogP contribution in [0.4, 0.5) is 4.79 Å². The van der Waals surface area contributed by atoms with E-state index < -0.39 is 0 Å². The molecule has 1 aliphatic carbocycles. The highest BCUT2D eigenvalue weighted by atomic mass is 16.5. The van der Waals surface area contributed by atoms with Crippen molar-refractivity contribution in [1.29, 1.82) is 0 Å². The van der Waals surface area contributed by atoms with Gasteiger partial charge < -0.3 is 15.4 Å². The van der Waals surface area contributed by atoms with Crippen molar-refractivity contribution in [3.63, 3.8) is 0 Å². The number of carbonyl (C=O) groups is 1. The Bertz CT molecular complexity index is 566. The average molecular weight is 374 g/mol. The molecule has 1 saturated carbocycles. The lowest BCUT2D eigenvalue weighted by atomic mass is 9.80. The molecule has 2 N–H and O–H groups in total. The molecule has 1 aromatic rings. The zero-order valence-electron chi connectivity index (χ0n) is 16.7. The van der Waals surface area contributed by atoms with Gasteiger partial charge in [-0.3, -0.25) is 4.90 Å². The fraction of sp³-hybridized carbons (Fsp3) is 0.682. The van der Waals surface area contributed by atoms with Crippen LogP contribution in [0.1, 0.15) is 51.0 Å². The van der Waals surface area contributed by atoms with Crippen molar-refractivity contribution in [3.8, 4) is 0 Å². The molecule has 1 heterocycles. The molecular weight excluding hydrogens is 338 g/mol. The zero-order chi connectivity index (χ0) is 19.0. The van der Waals surface area contributed by atoms with Crippen molar-refractivity contribution in [1.82, 2.24) is 15.5 Å². The third-order valence-electron chi connectivity index (χ3n) is 6.13. The van der Waals surface area contributed by atoms with Crippen LogP contribution in [-0.4, -0.2) is 55.4 Å². The van der Waals surface area contributed by atoms with Gasteiger partial charge in [0.05, 0.1) is 13.2 Å². The van der Waals surface area contributed by atoms with Gasteiger partial charge in [-0.25, -0.2) is 4.79 Å². The molecule has 1 aliphatic heterocycles. The number of hydrogen-bond acceptors (Lipinski definition) is 3. The molecule has 0 aromatic heterocycles. The number of benzene rings is 1. The SMILES string of the molecule is CC(CCc1ccccc1)NC(=O)NCC1(N2CCOCC2)CCCCC1. The van der Waals surface area contributed by atoms with Crippen molar-refractivity contribution in [2.24, 2.45) is 0 Å². The van der Waals surface area contributed by atoms with Gasteiger partial charge >= 0.3 is 6.03 Å². The topological polar surface area (TPSA) is 53.6 Å². The Balaban J connectivity index is 1.45. The molecule has 1 aromatic carbocycles. The molecule has 2 aliphatic rings. The van der Waals surface area contributed by atoms with Gasteiger partial charge in [-0.2, -0.15) is 0 Å². The minimum atomic E-state index is -0.0335. The van der Waals surface area contributed by atoms with E-state index in [4.69, 9.17) is 4.74 Å². The summed E-state index contributed by atoms with van der Waals surface area (Å²) in [6.07, 6.45) is 8.12. The van der Waals surface area contributed by atoms with E-state index in [-0.39, 0.29) is 17.6 Å². The lowest BCUT2D eigenvalue weighted by molar-refractivity contribution is -0.0357. The van der Waals surface area contributed by atoms with Crippen LogP contribution >= 0.6 is 0 Å². The van der Waals surface area contributed by atoms with E-state index >= 15 is 0 Å². The van der Waals surface area contributed by atoms with Crippen LogP contribution in [0.3, 0.4) is 0 Å². The summed E-state index contributed by atoms with van der Waals surface area (Å²) < 4.78 is 5.54. The Hall–Kier alpha value is -1.59. The third-order valence-corrected chi connectivity index (χ3v) is 6.13. The van der Waals surface area contributed by atoms with E-state index in [0.717, 1.165) is 45.7 Å². The molecule has 1 atom stereocenters. The first-order chi connectivity index (χ1) is 13.2. The maximum Gasteiger partial charge on any atom is 0.315 e. The molecule has 0 spiro atoms. The summed E-state index contributed by atoms with van der Waals surface area (Å²) in [5.74, 6) is 0. The standard InChI is InChI=1S/C22H35N3O2/c1-19(10-11-20-8-4-2-5-9-20)24-21(26)23-18-22(12-6-3-7-13-22)25-14-16-27-17-15-25/h2,4-5,8-9,19H,3,6-7,10-18H2,1H3,(H2,23,24,26). The normalized spacial score (nSPS) is 21.4. The summed E-state index contributed by atoms with van der Waals surface area (Å²) in [7, 11) is 0. The molecule has 1 unspecified atom stereocenters. The Labute approximate surface area is 163 Å². The largest absolute Gasteiger partial charge is 0.379 e. The average Bonchev–Trinajstić information content (AvgIpc) is 2.73. The van der Waals surface area contributed by atoms with Crippen LogP contribution in [0.25, 0.3) is 0 Å². The van der Waals surface area contributed by atoms with Crippen molar-refractivity contribution in [3.05, 3.63) is 35.9 Å². The van der Waals surface area contributed by atoms with Crippen molar-refractivity contribution in [2.75, 3.05) is 32.8 Å². The fourth-order valence-electron chi connectivity index (χ4n) is 4.47. The lowest BCUT2D eigenvalue weighted by Crippen LogP contribution is -2.60. The predicted octanol–water partition coefficient (Wildman–Crippen LogP) is 3.34. The van der Waals surface area contributed by atoms with Crippen LogP contribution < -0.4 is 10.6 Å². The summed E-state index contributed by atoms with van der Waals surface area (Å²) in [4.78, 5) is 15.0. The van der Waals surface area contributed by atoms with E-state index in [1.54, 1.807) is 0 Å². The first-order valence-corrected chi connectivity index (χ1v) is 10.6. The molecule has 0 radical (unpaired) electrons. The van der Waals surface area contributed by atoms with E-state index in [1.165, 1.54) is 37.7 Å². The summed E-state index contributed by atoms with van der Waals surface area (Å²) in [5.41, 5.74) is 1.44. The lowest BCUT2D eigenvalue weighted by Gasteiger charge is -2.48. The molecule has 150 valence electrons. The molecule has 5 nitrogen and oxygen atoms in total. The van der Waals surface area contributed by atoms with Gasteiger partial charge in [-0.1, -0.05) is 49.6 Å². The van der Waals surface area contributed by atoms with Gasteiger partial charge in [-0.05, 0) is 38.2 Å². The summed E-state index contributed by atoms with van der Waals surface area (Å²) in [6.45, 7) is 6.41. The zero-order valence-corrected chi connectivity index (χ0v) is 16.7. The Morgan fingerprint density at radius 2 is 1.85 bits per heavy atom. The summed E-state index contributed by atoms with van der Waals surface area (Å²) >= 11 is 0. The van der Waals surface area contributed by atoms with Gasteiger partial charge in [-0.15, -0.1) is 0 Å². The quantitative estimate of drug-likeness (QED) is 0.771.